The standard InChI is InChI=1S/C16H23BrN2O/c1-3-14-11-19(12(2)20)8-7-16(14)18-10-13-5-4-6-15(17)9-13/h4-6,9,14,16,18H,3,7-8,10-11H2,1-2H3/t14-,16+/m1/s1. The smallest absolute Gasteiger partial charge is 0.219 e. The SMILES string of the molecule is CC[C@@H]1CN(C(C)=O)CC[C@@H]1NCc1cccc(Br)c1. The van der Waals surface area contributed by atoms with Crippen molar-refractivity contribution in [2.75, 3.05) is 13.1 Å². The van der Waals surface area contributed by atoms with Gasteiger partial charge in [0.25, 0.3) is 0 Å². The van der Waals surface area contributed by atoms with Gasteiger partial charge >= 0.3 is 0 Å². The fourth-order valence-electron chi connectivity index (χ4n) is 2.90. The van der Waals surface area contributed by atoms with E-state index in [4.69, 9.17) is 0 Å². The van der Waals surface area contributed by atoms with Crippen LogP contribution in [0.1, 0.15) is 32.3 Å². The maximum atomic E-state index is 11.5. The third-order valence-corrected chi connectivity index (χ3v) is 4.65. The van der Waals surface area contributed by atoms with Crippen LogP contribution in [0.2, 0.25) is 0 Å². The molecule has 0 spiro atoms. The van der Waals surface area contributed by atoms with Crippen molar-refractivity contribution >= 4 is 21.8 Å². The molecule has 1 saturated heterocycles. The summed E-state index contributed by atoms with van der Waals surface area (Å²) in [6, 6.07) is 8.91. The zero-order valence-corrected chi connectivity index (χ0v) is 13.8. The highest BCUT2D eigenvalue weighted by molar-refractivity contribution is 9.10. The summed E-state index contributed by atoms with van der Waals surface area (Å²) in [6.45, 7) is 6.54. The van der Waals surface area contributed by atoms with E-state index < -0.39 is 0 Å². The second-order valence-electron chi connectivity index (χ2n) is 5.54. The van der Waals surface area contributed by atoms with Crippen LogP contribution in [0.5, 0.6) is 0 Å². The first-order valence-corrected chi connectivity index (χ1v) is 8.12. The predicted molar refractivity (Wildman–Crippen MR) is 85.4 cm³/mol. The van der Waals surface area contributed by atoms with Gasteiger partial charge < -0.3 is 10.2 Å². The van der Waals surface area contributed by atoms with Gasteiger partial charge in [0.2, 0.25) is 5.91 Å². The molecule has 1 amide bonds. The molecule has 4 heteroatoms. The fraction of sp³-hybridized carbons (Fsp3) is 0.562. The number of carbonyl (C=O) groups is 1. The van der Waals surface area contributed by atoms with Crippen LogP contribution < -0.4 is 5.32 Å². The molecule has 1 aliphatic heterocycles. The van der Waals surface area contributed by atoms with Gasteiger partial charge in [0.15, 0.2) is 0 Å². The Morgan fingerprint density at radius 2 is 2.30 bits per heavy atom. The molecule has 0 aromatic heterocycles. The van der Waals surface area contributed by atoms with E-state index in [2.05, 4.69) is 46.4 Å². The molecule has 3 nitrogen and oxygen atoms in total. The number of benzene rings is 1. The second kappa shape index (κ2) is 7.23. The van der Waals surface area contributed by atoms with Crippen molar-refractivity contribution in [3.05, 3.63) is 34.3 Å². The Balaban J connectivity index is 1.90. The number of halogens is 1. The van der Waals surface area contributed by atoms with E-state index in [1.807, 2.05) is 11.0 Å². The van der Waals surface area contributed by atoms with Crippen molar-refractivity contribution in [2.45, 2.75) is 39.3 Å². The third-order valence-electron chi connectivity index (χ3n) is 4.16. The molecule has 0 unspecified atom stereocenters. The first kappa shape index (κ1) is 15.5. The molecule has 1 fully saturated rings. The van der Waals surface area contributed by atoms with Gasteiger partial charge in [-0.1, -0.05) is 41.4 Å². The van der Waals surface area contributed by atoms with Gasteiger partial charge in [-0.2, -0.15) is 0 Å². The third kappa shape index (κ3) is 4.06. The summed E-state index contributed by atoms with van der Waals surface area (Å²) in [6.07, 6.45) is 2.16. The highest BCUT2D eigenvalue weighted by Gasteiger charge is 2.28. The summed E-state index contributed by atoms with van der Waals surface area (Å²) in [7, 11) is 0. The van der Waals surface area contributed by atoms with Gasteiger partial charge in [-0.15, -0.1) is 0 Å². The van der Waals surface area contributed by atoms with Gasteiger partial charge in [-0.05, 0) is 30.0 Å². The van der Waals surface area contributed by atoms with Crippen LogP contribution in [-0.4, -0.2) is 29.9 Å². The maximum Gasteiger partial charge on any atom is 0.219 e. The number of nitrogens with one attached hydrogen (secondary N) is 1. The number of amides is 1. The van der Waals surface area contributed by atoms with Crippen LogP contribution in [0.15, 0.2) is 28.7 Å². The van der Waals surface area contributed by atoms with Crippen molar-refractivity contribution in [1.29, 1.82) is 0 Å². The van der Waals surface area contributed by atoms with Crippen molar-refractivity contribution in [1.82, 2.24) is 10.2 Å². The number of carbonyl (C=O) groups excluding carboxylic acids is 1. The van der Waals surface area contributed by atoms with E-state index in [1.165, 1.54) is 5.56 Å². The summed E-state index contributed by atoms with van der Waals surface area (Å²) >= 11 is 3.51. The van der Waals surface area contributed by atoms with E-state index >= 15 is 0 Å². The van der Waals surface area contributed by atoms with Crippen LogP contribution in [0.3, 0.4) is 0 Å². The largest absolute Gasteiger partial charge is 0.343 e. The minimum atomic E-state index is 0.203. The number of hydrogen-bond donors (Lipinski definition) is 1. The van der Waals surface area contributed by atoms with Crippen molar-refractivity contribution < 1.29 is 4.79 Å². The maximum absolute atomic E-state index is 11.5. The van der Waals surface area contributed by atoms with E-state index in [0.717, 1.165) is 36.9 Å². The summed E-state index contributed by atoms with van der Waals surface area (Å²) in [5.74, 6) is 0.758. The summed E-state index contributed by atoms with van der Waals surface area (Å²) in [5.41, 5.74) is 1.29. The molecule has 1 heterocycles. The Morgan fingerprint density at radius 3 is 2.95 bits per heavy atom. The lowest BCUT2D eigenvalue weighted by atomic mass is 9.89. The topological polar surface area (TPSA) is 32.3 Å². The lowest BCUT2D eigenvalue weighted by Crippen LogP contribution is -2.50. The van der Waals surface area contributed by atoms with E-state index in [0.29, 0.717) is 12.0 Å². The van der Waals surface area contributed by atoms with Gasteiger partial charge in [0.05, 0.1) is 0 Å². The average Bonchev–Trinajstić information content (AvgIpc) is 2.45. The molecule has 1 aromatic rings. The van der Waals surface area contributed by atoms with Crippen LogP contribution >= 0.6 is 15.9 Å². The molecule has 1 aromatic carbocycles. The summed E-state index contributed by atoms with van der Waals surface area (Å²) in [4.78, 5) is 13.5. The Hall–Kier alpha value is -0.870. The lowest BCUT2D eigenvalue weighted by Gasteiger charge is -2.38. The van der Waals surface area contributed by atoms with Crippen molar-refractivity contribution in [3.63, 3.8) is 0 Å². The van der Waals surface area contributed by atoms with Gasteiger partial charge in [-0.25, -0.2) is 0 Å². The molecule has 20 heavy (non-hydrogen) atoms. The van der Waals surface area contributed by atoms with Crippen molar-refractivity contribution in [3.8, 4) is 0 Å². The first-order chi connectivity index (χ1) is 9.60. The minimum Gasteiger partial charge on any atom is -0.343 e. The molecule has 1 aliphatic rings. The zero-order valence-electron chi connectivity index (χ0n) is 12.2. The monoisotopic (exact) mass is 338 g/mol. The van der Waals surface area contributed by atoms with E-state index in [9.17, 15) is 4.79 Å². The molecular formula is C16H23BrN2O. The average molecular weight is 339 g/mol. The molecule has 0 bridgehead atoms. The Kier molecular flexibility index (Phi) is 5.61. The molecular weight excluding hydrogens is 316 g/mol. The molecule has 1 N–H and O–H groups in total. The van der Waals surface area contributed by atoms with Crippen LogP contribution in [0.25, 0.3) is 0 Å². The van der Waals surface area contributed by atoms with Gasteiger partial charge in [0.1, 0.15) is 0 Å². The molecule has 0 aliphatic carbocycles. The number of likely N-dealkylation sites (tertiary alicyclic amines) is 1. The van der Waals surface area contributed by atoms with Crippen molar-refractivity contribution in [2.24, 2.45) is 5.92 Å². The van der Waals surface area contributed by atoms with Gasteiger partial charge in [0, 0.05) is 37.1 Å². The van der Waals surface area contributed by atoms with Crippen LogP contribution in [0.4, 0.5) is 0 Å². The van der Waals surface area contributed by atoms with Gasteiger partial charge in [-0.3, -0.25) is 4.79 Å². The minimum absolute atomic E-state index is 0.203. The quantitative estimate of drug-likeness (QED) is 0.914. The second-order valence-corrected chi connectivity index (χ2v) is 6.46. The zero-order chi connectivity index (χ0) is 14.5. The lowest BCUT2D eigenvalue weighted by molar-refractivity contribution is -0.131. The Morgan fingerprint density at radius 1 is 1.50 bits per heavy atom. The first-order valence-electron chi connectivity index (χ1n) is 7.33. The highest BCUT2D eigenvalue weighted by atomic mass is 79.9. The molecule has 2 rings (SSSR count). The Bertz CT molecular complexity index is 464. The molecule has 0 saturated carbocycles. The van der Waals surface area contributed by atoms with E-state index in [-0.39, 0.29) is 5.91 Å². The summed E-state index contributed by atoms with van der Waals surface area (Å²) < 4.78 is 1.12. The van der Waals surface area contributed by atoms with E-state index in [1.54, 1.807) is 6.92 Å². The van der Waals surface area contributed by atoms with Crippen LogP contribution in [-0.2, 0) is 11.3 Å². The summed E-state index contributed by atoms with van der Waals surface area (Å²) in [5, 5.41) is 3.67. The number of rotatable bonds is 4. The van der Waals surface area contributed by atoms with Crippen LogP contribution in [0, 0.1) is 5.92 Å². The predicted octanol–water partition coefficient (Wildman–Crippen LogP) is 3.19. The number of piperidine rings is 1. The number of nitrogens with zero attached hydrogens (tertiary/aromatic N) is 1. The number of hydrogen-bond acceptors (Lipinski definition) is 2. The Labute approximate surface area is 129 Å². The molecule has 0 radical (unpaired) electrons. The highest BCUT2D eigenvalue weighted by Crippen LogP contribution is 2.21. The fourth-order valence-corrected chi connectivity index (χ4v) is 3.34. The molecule has 110 valence electrons. The normalized spacial score (nSPS) is 22.9. The molecule has 2 atom stereocenters.